The molecule has 1 unspecified atom stereocenters. The van der Waals surface area contributed by atoms with Crippen molar-refractivity contribution in [1.29, 1.82) is 0 Å². The molecule has 1 aromatic rings. The van der Waals surface area contributed by atoms with Gasteiger partial charge < -0.3 is 11.1 Å². The van der Waals surface area contributed by atoms with Crippen LogP contribution in [-0.2, 0) is 11.2 Å². The number of nitrogens with one attached hydrogen (secondary N) is 2. The Morgan fingerprint density at radius 1 is 1.38 bits per heavy atom. The molecule has 116 valence electrons. The lowest BCUT2D eigenvalue weighted by Crippen LogP contribution is -2.40. The van der Waals surface area contributed by atoms with Crippen molar-refractivity contribution in [2.24, 2.45) is 11.1 Å². The molecule has 1 heterocycles. The summed E-state index contributed by atoms with van der Waals surface area (Å²) in [4.78, 5) is 12.5. The van der Waals surface area contributed by atoms with E-state index in [2.05, 4.69) is 15.5 Å². The summed E-state index contributed by atoms with van der Waals surface area (Å²) in [5.74, 6) is 0.148. The Morgan fingerprint density at radius 2 is 2.19 bits per heavy atom. The van der Waals surface area contributed by atoms with E-state index in [1.165, 1.54) is 24.8 Å². The standard InChI is InChI=1S/C16H26N4O/c17-11-16(7-2-1-3-8-16)9-14(21)19-13-6-4-5-12-10-18-20-15(12)13/h10,13H,1-9,11,17H2,(H,18,20)(H,19,21). The monoisotopic (exact) mass is 290 g/mol. The van der Waals surface area contributed by atoms with E-state index in [-0.39, 0.29) is 17.4 Å². The molecule has 5 nitrogen and oxygen atoms in total. The highest BCUT2D eigenvalue weighted by molar-refractivity contribution is 5.77. The number of aromatic amines is 1. The van der Waals surface area contributed by atoms with Crippen molar-refractivity contribution in [1.82, 2.24) is 15.5 Å². The summed E-state index contributed by atoms with van der Waals surface area (Å²) in [6.45, 7) is 0.625. The van der Waals surface area contributed by atoms with Gasteiger partial charge in [0.25, 0.3) is 0 Å². The van der Waals surface area contributed by atoms with Crippen LogP contribution in [-0.4, -0.2) is 22.6 Å². The number of amides is 1. The lowest BCUT2D eigenvalue weighted by Gasteiger charge is -2.36. The van der Waals surface area contributed by atoms with E-state index in [0.717, 1.165) is 37.8 Å². The summed E-state index contributed by atoms with van der Waals surface area (Å²) in [5.41, 5.74) is 8.36. The molecular formula is C16H26N4O. The fraction of sp³-hybridized carbons (Fsp3) is 0.750. The Morgan fingerprint density at radius 3 is 2.95 bits per heavy atom. The molecule has 2 aliphatic carbocycles. The van der Waals surface area contributed by atoms with Gasteiger partial charge in [0.15, 0.2) is 0 Å². The van der Waals surface area contributed by atoms with Crippen LogP contribution in [0.2, 0.25) is 0 Å². The smallest absolute Gasteiger partial charge is 0.221 e. The van der Waals surface area contributed by atoms with Crippen molar-refractivity contribution in [3.8, 4) is 0 Å². The maximum Gasteiger partial charge on any atom is 0.221 e. The van der Waals surface area contributed by atoms with Gasteiger partial charge in [0, 0.05) is 6.42 Å². The molecule has 1 saturated carbocycles. The summed E-state index contributed by atoms with van der Waals surface area (Å²) in [5, 5.41) is 10.4. The molecule has 0 bridgehead atoms. The van der Waals surface area contributed by atoms with Crippen LogP contribution >= 0.6 is 0 Å². The highest BCUT2D eigenvalue weighted by Gasteiger charge is 2.34. The second-order valence-corrected chi connectivity index (χ2v) is 6.76. The third-order valence-corrected chi connectivity index (χ3v) is 5.26. The number of hydrogen-bond donors (Lipinski definition) is 3. The molecule has 5 heteroatoms. The quantitative estimate of drug-likeness (QED) is 0.795. The van der Waals surface area contributed by atoms with Gasteiger partial charge in [0.2, 0.25) is 5.91 Å². The van der Waals surface area contributed by atoms with Crippen molar-refractivity contribution in [3.63, 3.8) is 0 Å². The molecule has 3 rings (SSSR count). The van der Waals surface area contributed by atoms with Gasteiger partial charge in [0.1, 0.15) is 0 Å². The number of hydrogen-bond acceptors (Lipinski definition) is 3. The van der Waals surface area contributed by atoms with E-state index in [9.17, 15) is 4.79 Å². The third-order valence-electron chi connectivity index (χ3n) is 5.26. The van der Waals surface area contributed by atoms with Crippen LogP contribution in [0.4, 0.5) is 0 Å². The first kappa shape index (κ1) is 14.6. The van der Waals surface area contributed by atoms with Gasteiger partial charge in [-0.1, -0.05) is 19.3 Å². The second kappa shape index (κ2) is 6.18. The molecule has 0 saturated heterocycles. The fourth-order valence-corrected chi connectivity index (χ4v) is 3.95. The molecule has 21 heavy (non-hydrogen) atoms. The molecule has 1 fully saturated rings. The summed E-state index contributed by atoms with van der Waals surface area (Å²) in [6, 6.07) is 0.0992. The Kier molecular flexibility index (Phi) is 4.29. The van der Waals surface area contributed by atoms with E-state index in [1.807, 2.05) is 6.20 Å². The van der Waals surface area contributed by atoms with Crippen LogP contribution in [0.3, 0.4) is 0 Å². The molecule has 1 atom stereocenters. The minimum absolute atomic E-state index is 0.0355. The number of H-pyrrole nitrogens is 1. The number of rotatable bonds is 4. The van der Waals surface area contributed by atoms with Crippen LogP contribution in [0.15, 0.2) is 6.20 Å². The van der Waals surface area contributed by atoms with Gasteiger partial charge in [-0.25, -0.2) is 0 Å². The normalized spacial score (nSPS) is 24.3. The largest absolute Gasteiger partial charge is 0.348 e. The topological polar surface area (TPSA) is 83.8 Å². The molecule has 0 spiro atoms. The van der Waals surface area contributed by atoms with Crippen molar-refractivity contribution in [3.05, 3.63) is 17.5 Å². The van der Waals surface area contributed by atoms with Gasteiger partial charge in [-0.15, -0.1) is 0 Å². The zero-order chi connectivity index (χ0) is 14.7. The van der Waals surface area contributed by atoms with E-state index < -0.39 is 0 Å². The van der Waals surface area contributed by atoms with Gasteiger partial charge in [0.05, 0.1) is 17.9 Å². The molecule has 1 amide bonds. The van der Waals surface area contributed by atoms with Gasteiger partial charge in [-0.2, -0.15) is 5.10 Å². The van der Waals surface area contributed by atoms with Gasteiger partial charge in [-0.3, -0.25) is 9.89 Å². The molecule has 0 aliphatic heterocycles. The molecule has 2 aliphatic rings. The molecule has 1 aromatic heterocycles. The van der Waals surface area contributed by atoms with Crippen LogP contribution in [0.25, 0.3) is 0 Å². The van der Waals surface area contributed by atoms with E-state index in [0.29, 0.717) is 13.0 Å². The van der Waals surface area contributed by atoms with Crippen molar-refractivity contribution >= 4 is 5.91 Å². The van der Waals surface area contributed by atoms with Crippen LogP contribution < -0.4 is 11.1 Å². The lowest BCUT2D eigenvalue weighted by atomic mass is 9.71. The Balaban J connectivity index is 1.62. The van der Waals surface area contributed by atoms with E-state index >= 15 is 0 Å². The molecule has 0 radical (unpaired) electrons. The maximum absolute atomic E-state index is 12.5. The fourth-order valence-electron chi connectivity index (χ4n) is 3.95. The van der Waals surface area contributed by atoms with Crippen molar-refractivity contribution in [2.75, 3.05) is 6.54 Å². The zero-order valence-electron chi connectivity index (χ0n) is 12.7. The predicted molar refractivity (Wildman–Crippen MR) is 81.6 cm³/mol. The first-order valence-corrected chi connectivity index (χ1v) is 8.24. The number of aryl methyl sites for hydroxylation is 1. The third kappa shape index (κ3) is 3.12. The van der Waals surface area contributed by atoms with Crippen molar-refractivity contribution in [2.45, 2.75) is 63.8 Å². The number of nitrogens with zero attached hydrogens (tertiary/aromatic N) is 1. The first-order valence-electron chi connectivity index (χ1n) is 8.24. The maximum atomic E-state index is 12.5. The number of aromatic nitrogens is 2. The average molecular weight is 290 g/mol. The minimum Gasteiger partial charge on any atom is -0.348 e. The Hall–Kier alpha value is -1.36. The SMILES string of the molecule is NCC1(CC(=O)NC2CCCc3cn[nH]c32)CCCCC1. The highest BCUT2D eigenvalue weighted by Crippen LogP contribution is 2.38. The summed E-state index contributed by atoms with van der Waals surface area (Å²) >= 11 is 0. The first-order chi connectivity index (χ1) is 10.2. The number of fused-ring (bicyclic) bond motifs is 1. The van der Waals surface area contributed by atoms with Crippen LogP contribution in [0, 0.1) is 5.41 Å². The summed E-state index contributed by atoms with van der Waals surface area (Å²) in [7, 11) is 0. The molecular weight excluding hydrogens is 264 g/mol. The average Bonchev–Trinajstić information content (AvgIpc) is 2.98. The van der Waals surface area contributed by atoms with Crippen LogP contribution in [0.1, 0.15) is 68.7 Å². The Labute approximate surface area is 126 Å². The van der Waals surface area contributed by atoms with E-state index in [1.54, 1.807) is 0 Å². The minimum atomic E-state index is 0.0355. The van der Waals surface area contributed by atoms with Crippen molar-refractivity contribution < 1.29 is 4.79 Å². The number of nitrogens with two attached hydrogens (primary N) is 1. The zero-order valence-corrected chi connectivity index (χ0v) is 12.7. The number of carbonyl (C=O) groups excluding carboxylic acids is 1. The molecule has 0 aromatic carbocycles. The van der Waals surface area contributed by atoms with Crippen LogP contribution in [0.5, 0.6) is 0 Å². The van der Waals surface area contributed by atoms with Gasteiger partial charge >= 0.3 is 0 Å². The van der Waals surface area contributed by atoms with E-state index in [4.69, 9.17) is 5.73 Å². The predicted octanol–water partition coefficient (Wildman–Crippen LogP) is 2.20. The molecule has 4 N–H and O–H groups in total. The summed E-state index contributed by atoms with van der Waals surface area (Å²) in [6.07, 6.45) is 11.5. The second-order valence-electron chi connectivity index (χ2n) is 6.76. The van der Waals surface area contributed by atoms with Gasteiger partial charge in [-0.05, 0) is 49.6 Å². The number of carbonyl (C=O) groups is 1. The highest BCUT2D eigenvalue weighted by atomic mass is 16.1. The Bertz CT molecular complexity index is 490. The summed E-state index contributed by atoms with van der Waals surface area (Å²) < 4.78 is 0. The lowest BCUT2D eigenvalue weighted by molar-refractivity contribution is -0.124.